The van der Waals surface area contributed by atoms with Crippen LogP contribution in [0.4, 0.5) is 5.69 Å². The zero-order chi connectivity index (χ0) is 33.8. The number of sulfonamides is 1. The van der Waals surface area contributed by atoms with Gasteiger partial charge in [-0.15, -0.1) is 0 Å². The van der Waals surface area contributed by atoms with E-state index in [2.05, 4.69) is 5.32 Å². The van der Waals surface area contributed by atoms with Crippen LogP contribution >= 0.6 is 11.6 Å². The summed E-state index contributed by atoms with van der Waals surface area (Å²) >= 11 is 6.17. The lowest BCUT2D eigenvalue weighted by Gasteiger charge is -2.34. The van der Waals surface area contributed by atoms with Crippen LogP contribution in [0.1, 0.15) is 43.4 Å². The highest BCUT2D eigenvalue weighted by molar-refractivity contribution is 7.92. The molecule has 0 bridgehead atoms. The lowest BCUT2D eigenvalue weighted by Crippen LogP contribution is -2.53. The fraction of sp³-hybridized carbons (Fsp3) is 0.297. The van der Waals surface area contributed by atoms with E-state index in [0.29, 0.717) is 23.9 Å². The van der Waals surface area contributed by atoms with E-state index in [4.69, 9.17) is 16.3 Å². The predicted molar refractivity (Wildman–Crippen MR) is 187 cm³/mol. The Balaban J connectivity index is 1.82. The van der Waals surface area contributed by atoms with Crippen LogP contribution in [0.5, 0.6) is 5.75 Å². The van der Waals surface area contributed by atoms with Crippen molar-refractivity contribution in [3.8, 4) is 5.75 Å². The molecule has 4 aromatic carbocycles. The molecule has 4 aromatic rings. The molecule has 0 fully saturated rings. The molecule has 0 radical (unpaired) electrons. The van der Waals surface area contributed by atoms with Gasteiger partial charge < -0.3 is 15.0 Å². The van der Waals surface area contributed by atoms with Crippen molar-refractivity contribution in [2.45, 2.75) is 57.5 Å². The van der Waals surface area contributed by atoms with Gasteiger partial charge in [0.25, 0.3) is 10.0 Å². The summed E-state index contributed by atoms with van der Waals surface area (Å²) in [6.45, 7) is 5.95. The van der Waals surface area contributed by atoms with Gasteiger partial charge in [0.1, 0.15) is 18.3 Å². The Morgan fingerprint density at radius 1 is 0.851 bits per heavy atom. The summed E-state index contributed by atoms with van der Waals surface area (Å²) < 4.78 is 35.6. The molecule has 1 atom stereocenters. The second-order valence-corrected chi connectivity index (χ2v) is 13.5. The Bertz CT molecular complexity index is 1720. The van der Waals surface area contributed by atoms with E-state index in [1.165, 1.54) is 17.0 Å². The topological polar surface area (TPSA) is 96.0 Å². The maximum absolute atomic E-state index is 14.6. The van der Waals surface area contributed by atoms with Gasteiger partial charge in [0.15, 0.2) is 0 Å². The van der Waals surface area contributed by atoms with Crippen LogP contribution in [0.3, 0.4) is 0 Å². The SMILES string of the molecule is CCCCNC(=O)[C@H](Cc1ccccc1)N(Cc1ccc(Cl)cc1)C(=O)CN(c1ccccc1OCC)S(=O)(=O)c1ccc(C)cc1. The highest BCUT2D eigenvalue weighted by atomic mass is 35.5. The van der Waals surface area contributed by atoms with Crippen molar-refractivity contribution < 1.29 is 22.7 Å². The number of carbonyl (C=O) groups is 2. The molecule has 0 aliphatic carbocycles. The smallest absolute Gasteiger partial charge is 0.264 e. The number of para-hydroxylation sites is 2. The molecule has 0 unspecified atom stereocenters. The highest BCUT2D eigenvalue weighted by Crippen LogP contribution is 2.33. The van der Waals surface area contributed by atoms with Gasteiger partial charge in [-0.1, -0.05) is 97.2 Å². The molecule has 0 heterocycles. The van der Waals surface area contributed by atoms with Crippen LogP contribution in [0.15, 0.2) is 108 Å². The number of aryl methyl sites for hydroxylation is 1. The summed E-state index contributed by atoms with van der Waals surface area (Å²) in [5, 5.41) is 3.54. The number of amides is 2. The number of ether oxygens (including phenoxy) is 1. The molecule has 2 amide bonds. The molecule has 47 heavy (non-hydrogen) atoms. The van der Waals surface area contributed by atoms with Crippen molar-refractivity contribution in [1.29, 1.82) is 0 Å². The van der Waals surface area contributed by atoms with Gasteiger partial charge >= 0.3 is 0 Å². The predicted octanol–water partition coefficient (Wildman–Crippen LogP) is 6.80. The van der Waals surface area contributed by atoms with E-state index >= 15 is 0 Å². The van der Waals surface area contributed by atoms with Gasteiger partial charge in [-0.25, -0.2) is 8.42 Å². The number of nitrogens with zero attached hydrogens (tertiary/aromatic N) is 2. The molecular formula is C37H42ClN3O5S. The first-order valence-electron chi connectivity index (χ1n) is 15.8. The van der Waals surface area contributed by atoms with Crippen molar-refractivity contribution in [3.05, 3.63) is 125 Å². The van der Waals surface area contributed by atoms with Crippen LogP contribution < -0.4 is 14.4 Å². The van der Waals surface area contributed by atoms with Gasteiger partial charge in [0.05, 0.1) is 17.2 Å². The summed E-state index contributed by atoms with van der Waals surface area (Å²) in [4.78, 5) is 30.0. The molecular weight excluding hydrogens is 634 g/mol. The number of anilines is 1. The maximum atomic E-state index is 14.6. The number of carbonyl (C=O) groups excluding carboxylic acids is 2. The minimum atomic E-state index is -4.25. The highest BCUT2D eigenvalue weighted by Gasteiger charge is 2.35. The van der Waals surface area contributed by atoms with Crippen molar-refractivity contribution in [2.24, 2.45) is 0 Å². The Hall–Kier alpha value is -4.34. The standard InChI is InChI=1S/C37H42ClN3O5S/c1-4-6-24-39-37(43)34(25-29-12-8-7-9-13-29)40(26-30-18-20-31(38)21-19-30)36(42)27-41(33-14-10-11-15-35(33)46-5-2)47(44,45)32-22-16-28(3)17-23-32/h7-23,34H,4-6,24-27H2,1-3H3,(H,39,43)/t34-/m0/s1. The zero-order valence-corrected chi connectivity index (χ0v) is 28.6. The molecule has 8 nitrogen and oxygen atoms in total. The molecule has 10 heteroatoms. The van der Waals surface area contributed by atoms with Gasteiger partial charge in [-0.2, -0.15) is 0 Å². The van der Waals surface area contributed by atoms with Crippen molar-refractivity contribution in [3.63, 3.8) is 0 Å². The first kappa shape index (κ1) is 35.5. The van der Waals surface area contributed by atoms with E-state index in [0.717, 1.165) is 33.8 Å². The normalized spacial score (nSPS) is 11.8. The number of hydrogen-bond donors (Lipinski definition) is 1. The third-order valence-corrected chi connectivity index (χ3v) is 9.71. The fourth-order valence-corrected chi connectivity index (χ4v) is 6.69. The lowest BCUT2D eigenvalue weighted by atomic mass is 10.0. The van der Waals surface area contributed by atoms with E-state index < -0.39 is 28.5 Å². The number of rotatable bonds is 16. The van der Waals surface area contributed by atoms with Gasteiger partial charge in [0.2, 0.25) is 11.8 Å². The number of hydrogen-bond acceptors (Lipinski definition) is 5. The largest absolute Gasteiger partial charge is 0.492 e. The molecule has 1 N–H and O–H groups in total. The number of benzene rings is 4. The van der Waals surface area contributed by atoms with E-state index in [9.17, 15) is 18.0 Å². The Morgan fingerprint density at radius 3 is 2.17 bits per heavy atom. The monoisotopic (exact) mass is 675 g/mol. The maximum Gasteiger partial charge on any atom is 0.264 e. The molecule has 0 saturated carbocycles. The van der Waals surface area contributed by atoms with Crippen LogP contribution in [0, 0.1) is 6.92 Å². The number of halogens is 1. The molecule has 4 rings (SSSR count). The first-order chi connectivity index (χ1) is 22.6. The number of nitrogens with one attached hydrogen (secondary N) is 1. The Morgan fingerprint density at radius 2 is 1.51 bits per heavy atom. The molecule has 0 aromatic heterocycles. The molecule has 0 aliphatic heterocycles. The lowest BCUT2D eigenvalue weighted by molar-refractivity contribution is -0.140. The van der Waals surface area contributed by atoms with Gasteiger partial charge in [-0.3, -0.25) is 13.9 Å². The van der Waals surface area contributed by atoms with Gasteiger partial charge in [0, 0.05) is 24.5 Å². The summed E-state index contributed by atoms with van der Waals surface area (Å²) in [5.41, 5.74) is 2.72. The Kier molecular flexibility index (Phi) is 12.8. The van der Waals surface area contributed by atoms with E-state index in [1.807, 2.05) is 44.2 Å². The quantitative estimate of drug-likeness (QED) is 0.132. The zero-order valence-electron chi connectivity index (χ0n) is 27.1. The van der Waals surface area contributed by atoms with Crippen LogP contribution in [0.2, 0.25) is 5.02 Å². The van der Waals surface area contributed by atoms with Crippen LogP contribution in [-0.4, -0.2) is 50.9 Å². The minimum Gasteiger partial charge on any atom is -0.492 e. The molecule has 0 aliphatic rings. The minimum absolute atomic E-state index is 0.0320. The summed E-state index contributed by atoms with van der Waals surface area (Å²) in [5.74, 6) is -0.540. The summed E-state index contributed by atoms with van der Waals surface area (Å²) in [6, 6.07) is 28.8. The molecule has 0 saturated heterocycles. The third kappa shape index (κ3) is 9.59. The van der Waals surface area contributed by atoms with Crippen molar-refractivity contribution in [1.82, 2.24) is 10.2 Å². The van der Waals surface area contributed by atoms with Gasteiger partial charge in [-0.05, 0) is 67.8 Å². The van der Waals surface area contributed by atoms with Crippen molar-refractivity contribution in [2.75, 3.05) is 24.0 Å². The molecule has 248 valence electrons. The van der Waals surface area contributed by atoms with Crippen LogP contribution in [0.25, 0.3) is 0 Å². The fourth-order valence-electron chi connectivity index (χ4n) is 5.14. The Labute approximate surface area is 283 Å². The van der Waals surface area contributed by atoms with E-state index in [1.54, 1.807) is 67.6 Å². The number of unbranched alkanes of at least 4 members (excludes halogenated alkanes) is 1. The first-order valence-corrected chi connectivity index (χ1v) is 17.6. The third-order valence-electron chi connectivity index (χ3n) is 7.69. The second-order valence-electron chi connectivity index (χ2n) is 11.2. The van der Waals surface area contributed by atoms with Crippen LogP contribution in [-0.2, 0) is 32.6 Å². The average Bonchev–Trinajstić information content (AvgIpc) is 3.07. The molecule has 0 spiro atoms. The summed E-state index contributed by atoms with van der Waals surface area (Å²) in [7, 11) is -4.25. The summed E-state index contributed by atoms with van der Waals surface area (Å²) in [6.07, 6.45) is 1.91. The second kappa shape index (κ2) is 17.0. The van der Waals surface area contributed by atoms with Crippen molar-refractivity contribution >= 4 is 39.1 Å². The van der Waals surface area contributed by atoms with E-state index in [-0.39, 0.29) is 29.5 Å². The average molecular weight is 676 g/mol.